The third-order valence-electron chi connectivity index (χ3n) is 5.13. The maximum absolute atomic E-state index is 4.85. The molecule has 8 heteroatoms. The molecule has 0 aliphatic carbocycles. The fraction of sp³-hybridized carbons (Fsp3) is 0.429. The first-order chi connectivity index (χ1) is 14.1. The quantitative estimate of drug-likeness (QED) is 0.513. The van der Waals surface area contributed by atoms with E-state index in [4.69, 9.17) is 4.99 Å². The molecule has 1 atom stereocenters. The van der Waals surface area contributed by atoms with Crippen LogP contribution in [0.3, 0.4) is 0 Å². The van der Waals surface area contributed by atoms with E-state index in [1.165, 1.54) is 0 Å². The number of aromatic nitrogens is 5. The Bertz CT molecular complexity index is 1000. The number of hydrogen-bond donors (Lipinski definition) is 2. The molecule has 1 unspecified atom stereocenters. The summed E-state index contributed by atoms with van der Waals surface area (Å²) in [6, 6.07) is 10.7. The predicted octanol–water partition coefficient (Wildman–Crippen LogP) is 2.15. The fourth-order valence-electron chi connectivity index (χ4n) is 3.76. The molecule has 0 saturated heterocycles. The summed E-state index contributed by atoms with van der Waals surface area (Å²) < 4.78 is 3.97. The van der Waals surface area contributed by atoms with Crippen molar-refractivity contribution in [2.75, 3.05) is 6.54 Å². The van der Waals surface area contributed by atoms with Crippen LogP contribution in [-0.4, -0.2) is 43.1 Å². The third kappa shape index (κ3) is 4.31. The van der Waals surface area contributed by atoms with Crippen molar-refractivity contribution in [2.24, 2.45) is 4.99 Å². The molecule has 0 fully saturated rings. The van der Waals surface area contributed by atoms with Crippen LogP contribution in [0.4, 0.5) is 0 Å². The van der Waals surface area contributed by atoms with Crippen LogP contribution in [0.1, 0.15) is 36.1 Å². The molecule has 1 aliphatic heterocycles. The van der Waals surface area contributed by atoms with Gasteiger partial charge in [-0.2, -0.15) is 10.2 Å². The number of rotatable bonds is 5. The van der Waals surface area contributed by atoms with Gasteiger partial charge in [-0.1, -0.05) is 18.2 Å². The maximum atomic E-state index is 4.85. The second kappa shape index (κ2) is 8.46. The van der Waals surface area contributed by atoms with E-state index in [1.54, 1.807) is 6.33 Å². The molecule has 4 rings (SSSR count). The summed E-state index contributed by atoms with van der Waals surface area (Å²) in [4.78, 5) is 9.15. The van der Waals surface area contributed by atoms with E-state index in [0.717, 1.165) is 60.4 Å². The highest BCUT2D eigenvalue weighted by Crippen LogP contribution is 2.18. The average Bonchev–Trinajstić information content (AvgIpc) is 3.31. The molecule has 0 radical (unpaired) electrons. The standard InChI is InChI=1S/C21H28N8/c1-4-22-21(26-18-9-10-20-24-14-25-28(20)13-18)23-12-17-7-5-6-8-19(17)29-16(3)11-15(2)27-29/h5-8,11,14,18H,4,9-10,12-13H2,1-3H3,(H2,22,23,26). The Balaban J connectivity index is 1.51. The molecule has 3 heterocycles. The molecule has 29 heavy (non-hydrogen) atoms. The summed E-state index contributed by atoms with van der Waals surface area (Å²) in [5, 5.41) is 15.9. The van der Waals surface area contributed by atoms with Gasteiger partial charge < -0.3 is 10.6 Å². The Morgan fingerprint density at radius 3 is 2.93 bits per heavy atom. The minimum atomic E-state index is 0.285. The van der Waals surface area contributed by atoms with Crippen LogP contribution >= 0.6 is 0 Å². The molecule has 0 amide bonds. The SMILES string of the molecule is CCNC(=NCc1ccccc1-n1nc(C)cc1C)NC1CCc2ncnn2C1. The molecule has 8 nitrogen and oxygen atoms in total. The molecular weight excluding hydrogens is 364 g/mol. The lowest BCUT2D eigenvalue weighted by atomic mass is 10.1. The number of hydrogen-bond acceptors (Lipinski definition) is 4. The zero-order valence-corrected chi connectivity index (χ0v) is 17.3. The lowest BCUT2D eigenvalue weighted by Gasteiger charge is -2.25. The molecule has 0 spiro atoms. The topological polar surface area (TPSA) is 84.9 Å². The number of benzene rings is 1. The summed E-state index contributed by atoms with van der Waals surface area (Å²) in [5.74, 6) is 1.88. The molecule has 0 saturated carbocycles. The second-order valence-electron chi connectivity index (χ2n) is 7.40. The van der Waals surface area contributed by atoms with E-state index in [-0.39, 0.29) is 6.04 Å². The Labute approximate surface area is 171 Å². The predicted molar refractivity (Wildman–Crippen MR) is 113 cm³/mol. The van der Waals surface area contributed by atoms with E-state index in [1.807, 2.05) is 28.4 Å². The van der Waals surface area contributed by atoms with Gasteiger partial charge in [0.25, 0.3) is 0 Å². The van der Waals surface area contributed by atoms with Crippen molar-refractivity contribution in [3.8, 4) is 5.69 Å². The first kappa shape index (κ1) is 19.2. The highest BCUT2D eigenvalue weighted by Gasteiger charge is 2.20. The van der Waals surface area contributed by atoms with E-state index in [2.05, 4.69) is 57.9 Å². The van der Waals surface area contributed by atoms with E-state index in [9.17, 15) is 0 Å². The second-order valence-corrected chi connectivity index (χ2v) is 7.40. The van der Waals surface area contributed by atoms with Crippen LogP contribution in [0, 0.1) is 13.8 Å². The van der Waals surface area contributed by atoms with Crippen molar-refractivity contribution in [3.63, 3.8) is 0 Å². The van der Waals surface area contributed by atoms with Crippen LogP contribution < -0.4 is 10.6 Å². The maximum Gasteiger partial charge on any atom is 0.191 e. The largest absolute Gasteiger partial charge is 0.357 e. The Morgan fingerprint density at radius 2 is 2.14 bits per heavy atom. The molecular formula is C21H28N8. The lowest BCUT2D eigenvalue weighted by molar-refractivity contribution is 0.392. The van der Waals surface area contributed by atoms with Crippen molar-refractivity contribution >= 4 is 5.96 Å². The van der Waals surface area contributed by atoms with Gasteiger partial charge in [-0.15, -0.1) is 0 Å². The number of nitrogens with one attached hydrogen (secondary N) is 2. The van der Waals surface area contributed by atoms with Crippen molar-refractivity contribution in [1.82, 2.24) is 35.2 Å². The first-order valence-electron chi connectivity index (χ1n) is 10.2. The normalized spacial score (nSPS) is 16.5. The monoisotopic (exact) mass is 392 g/mol. The van der Waals surface area contributed by atoms with Gasteiger partial charge in [0.15, 0.2) is 5.96 Å². The average molecular weight is 393 g/mol. The van der Waals surface area contributed by atoms with Gasteiger partial charge in [0, 0.05) is 24.7 Å². The van der Waals surface area contributed by atoms with Crippen molar-refractivity contribution in [2.45, 2.75) is 52.7 Å². The van der Waals surface area contributed by atoms with Crippen LogP contribution in [0.5, 0.6) is 0 Å². The van der Waals surface area contributed by atoms with Gasteiger partial charge in [0.1, 0.15) is 12.2 Å². The van der Waals surface area contributed by atoms with Crippen LogP contribution in [0.2, 0.25) is 0 Å². The number of guanidine groups is 1. The van der Waals surface area contributed by atoms with Gasteiger partial charge in [0.2, 0.25) is 0 Å². The van der Waals surface area contributed by atoms with Gasteiger partial charge in [-0.25, -0.2) is 19.3 Å². The molecule has 1 aromatic carbocycles. The minimum absolute atomic E-state index is 0.285. The number of para-hydroxylation sites is 1. The number of nitrogens with zero attached hydrogens (tertiary/aromatic N) is 6. The summed E-state index contributed by atoms with van der Waals surface area (Å²) in [5.41, 5.74) is 4.34. The van der Waals surface area contributed by atoms with Crippen LogP contribution in [0.25, 0.3) is 5.69 Å². The molecule has 2 N–H and O–H groups in total. The van der Waals surface area contributed by atoms with Crippen molar-refractivity contribution in [1.29, 1.82) is 0 Å². The Morgan fingerprint density at radius 1 is 1.28 bits per heavy atom. The van der Waals surface area contributed by atoms with Crippen LogP contribution in [-0.2, 0) is 19.5 Å². The van der Waals surface area contributed by atoms with E-state index >= 15 is 0 Å². The Kier molecular flexibility index (Phi) is 5.59. The molecule has 0 bridgehead atoms. The lowest BCUT2D eigenvalue weighted by Crippen LogP contribution is -2.47. The summed E-state index contributed by atoms with van der Waals surface area (Å²) in [6.45, 7) is 8.37. The third-order valence-corrected chi connectivity index (χ3v) is 5.13. The van der Waals surface area contributed by atoms with Crippen molar-refractivity contribution in [3.05, 3.63) is 59.4 Å². The molecule has 2 aromatic heterocycles. The van der Waals surface area contributed by atoms with Gasteiger partial charge in [0.05, 0.1) is 24.5 Å². The number of aliphatic imine (C=N–C) groups is 1. The molecule has 1 aliphatic rings. The smallest absolute Gasteiger partial charge is 0.191 e. The van der Waals surface area contributed by atoms with E-state index < -0.39 is 0 Å². The van der Waals surface area contributed by atoms with Gasteiger partial charge >= 0.3 is 0 Å². The minimum Gasteiger partial charge on any atom is -0.357 e. The van der Waals surface area contributed by atoms with Gasteiger partial charge in [-0.3, -0.25) is 0 Å². The number of fused-ring (bicyclic) bond motifs is 1. The number of aryl methyl sites for hydroxylation is 3. The van der Waals surface area contributed by atoms with E-state index in [0.29, 0.717) is 6.54 Å². The summed E-state index contributed by atoms with van der Waals surface area (Å²) in [6.07, 6.45) is 3.58. The highest BCUT2D eigenvalue weighted by atomic mass is 15.4. The molecule has 152 valence electrons. The van der Waals surface area contributed by atoms with Crippen LogP contribution in [0.15, 0.2) is 41.7 Å². The summed E-state index contributed by atoms with van der Waals surface area (Å²) in [7, 11) is 0. The van der Waals surface area contributed by atoms with Gasteiger partial charge in [-0.05, 0) is 44.9 Å². The Hall–Kier alpha value is -3.16. The fourth-order valence-corrected chi connectivity index (χ4v) is 3.76. The molecule has 3 aromatic rings. The zero-order chi connectivity index (χ0) is 20.2. The highest BCUT2D eigenvalue weighted by molar-refractivity contribution is 5.80. The summed E-state index contributed by atoms with van der Waals surface area (Å²) >= 11 is 0. The first-order valence-corrected chi connectivity index (χ1v) is 10.2. The van der Waals surface area contributed by atoms with Crippen molar-refractivity contribution < 1.29 is 0 Å². The zero-order valence-electron chi connectivity index (χ0n) is 17.3.